The molecule has 0 aromatic carbocycles. The van der Waals surface area contributed by atoms with Crippen LogP contribution < -0.4 is 11.5 Å². The molecule has 0 radical (unpaired) electrons. The second-order valence-corrected chi connectivity index (χ2v) is 4.85. The van der Waals surface area contributed by atoms with E-state index in [1.807, 2.05) is 20.8 Å². The van der Waals surface area contributed by atoms with Crippen molar-refractivity contribution < 1.29 is 19.1 Å². The van der Waals surface area contributed by atoms with Gasteiger partial charge in [0.05, 0.1) is 0 Å². The van der Waals surface area contributed by atoms with Gasteiger partial charge < -0.3 is 20.9 Å². The largest absolute Gasteiger partial charge is 0.461 e. The van der Waals surface area contributed by atoms with Crippen LogP contribution in [-0.2, 0) is 19.1 Å². The standard InChI is InChI=1S/C13H26N2O4/c1-4-5-6-10(14)12(16)18-7-8-19-13(17)11(15)9(2)3/h9-11H,4-8,14-15H2,1-3H3/t10-,11-/m0/s1. The van der Waals surface area contributed by atoms with Crippen LogP contribution in [0.15, 0.2) is 0 Å². The molecule has 0 aliphatic carbocycles. The number of hydrogen-bond donors (Lipinski definition) is 2. The molecule has 0 aliphatic rings. The Morgan fingerprint density at radius 2 is 1.58 bits per heavy atom. The smallest absolute Gasteiger partial charge is 0.323 e. The molecule has 0 saturated heterocycles. The van der Waals surface area contributed by atoms with Crippen LogP contribution in [0.3, 0.4) is 0 Å². The fourth-order valence-electron chi connectivity index (χ4n) is 1.30. The minimum atomic E-state index is -0.650. The Balaban J connectivity index is 3.74. The quantitative estimate of drug-likeness (QED) is 0.470. The van der Waals surface area contributed by atoms with Crippen molar-refractivity contribution in [1.29, 1.82) is 0 Å². The topological polar surface area (TPSA) is 105 Å². The molecule has 0 rings (SSSR count). The molecule has 0 aromatic rings. The minimum absolute atomic E-state index is 0.00545. The van der Waals surface area contributed by atoms with E-state index in [1.165, 1.54) is 0 Å². The molecule has 0 unspecified atom stereocenters. The van der Waals surface area contributed by atoms with E-state index < -0.39 is 24.0 Å². The normalized spacial score (nSPS) is 14.0. The zero-order chi connectivity index (χ0) is 14.8. The van der Waals surface area contributed by atoms with Crippen LogP contribution in [0.25, 0.3) is 0 Å². The Morgan fingerprint density at radius 3 is 2.05 bits per heavy atom. The molecule has 0 aliphatic heterocycles. The lowest BCUT2D eigenvalue weighted by molar-refractivity contribution is -0.154. The average Bonchev–Trinajstić information content (AvgIpc) is 2.39. The van der Waals surface area contributed by atoms with Gasteiger partial charge in [0, 0.05) is 0 Å². The van der Waals surface area contributed by atoms with E-state index in [-0.39, 0.29) is 19.1 Å². The Labute approximate surface area is 114 Å². The van der Waals surface area contributed by atoms with Crippen molar-refractivity contribution in [2.24, 2.45) is 17.4 Å². The molecule has 0 saturated carbocycles. The molecule has 0 aromatic heterocycles. The highest BCUT2D eigenvalue weighted by molar-refractivity contribution is 5.76. The van der Waals surface area contributed by atoms with Crippen molar-refractivity contribution in [3.8, 4) is 0 Å². The first kappa shape index (κ1) is 17.9. The Bertz CT molecular complexity index is 282. The Morgan fingerprint density at radius 1 is 1.05 bits per heavy atom. The lowest BCUT2D eigenvalue weighted by atomic mass is 10.1. The van der Waals surface area contributed by atoms with Crippen LogP contribution in [0.2, 0.25) is 0 Å². The first-order chi connectivity index (χ1) is 8.90. The van der Waals surface area contributed by atoms with Gasteiger partial charge in [-0.05, 0) is 12.3 Å². The summed E-state index contributed by atoms with van der Waals surface area (Å²) in [5.74, 6) is -0.934. The van der Waals surface area contributed by atoms with E-state index in [9.17, 15) is 9.59 Å². The van der Waals surface area contributed by atoms with Gasteiger partial charge in [-0.2, -0.15) is 0 Å². The fourth-order valence-corrected chi connectivity index (χ4v) is 1.30. The van der Waals surface area contributed by atoms with Gasteiger partial charge in [-0.3, -0.25) is 9.59 Å². The van der Waals surface area contributed by atoms with Gasteiger partial charge in [-0.15, -0.1) is 0 Å². The second-order valence-electron chi connectivity index (χ2n) is 4.85. The van der Waals surface area contributed by atoms with Gasteiger partial charge in [-0.25, -0.2) is 0 Å². The second kappa shape index (κ2) is 9.75. The Hall–Kier alpha value is -1.14. The molecule has 0 amide bonds. The Kier molecular flexibility index (Phi) is 9.16. The molecular weight excluding hydrogens is 248 g/mol. The van der Waals surface area contributed by atoms with E-state index in [0.29, 0.717) is 6.42 Å². The number of carbonyl (C=O) groups excluding carboxylic acids is 2. The predicted octanol–water partition coefficient (Wildman–Crippen LogP) is 0.574. The molecule has 6 nitrogen and oxygen atoms in total. The van der Waals surface area contributed by atoms with Gasteiger partial charge in [0.1, 0.15) is 25.3 Å². The SMILES string of the molecule is CCCC[C@H](N)C(=O)OCCOC(=O)[C@@H](N)C(C)C. The van der Waals surface area contributed by atoms with Crippen molar-refractivity contribution in [2.45, 2.75) is 52.1 Å². The van der Waals surface area contributed by atoms with Crippen LogP contribution in [0, 0.1) is 5.92 Å². The summed E-state index contributed by atoms with van der Waals surface area (Å²) in [6, 6.07) is -1.25. The maximum absolute atomic E-state index is 11.4. The zero-order valence-electron chi connectivity index (χ0n) is 12.1. The van der Waals surface area contributed by atoms with E-state index in [0.717, 1.165) is 12.8 Å². The number of ether oxygens (including phenoxy) is 2. The highest BCUT2D eigenvalue weighted by Gasteiger charge is 2.19. The van der Waals surface area contributed by atoms with E-state index >= 15 is 0 Å². The fraction of sp³-hybridized carbons (Fsp3) is 0.846. The lowest BCUT2D eigenvalue weighted by Gasteiger charge is -2.15. The van der Waals surface area contributed by atoms with Crippen molar-refractivity contribution in [3.05, 3.63) is 0 Å². The first-order valence-electron chi connectivity index (χ1n) is 6.74. The van der Waals surface area contributed by atoms with Gasteiger partial charge in [0.25, 0.3) is 0 Å². The van der Waals surface area contributed by atoms with Crippen molar-refractivity contribution in [3.63, 3.8) is 0 Å². The van der Waals surface area contributed by atoms with Gasteiger partial charge in [-0.1, -0.05) is 33.6 Å². The van der Waals surface area contributed by atoms with Crippen LogP contribution in [0.5, 0.6) is 0 Å². The summed E-state index contributed by atoms with van der Waals surface area (Å²) in [5, 5.41) is 0. The lowest BCUT2D eigenvalue weighted by Crippen LogP contribution is -2.38. The van der Waals surface area contributed by atoms with Crippen LogP contribution >= 0.6 is 0 Å². The summed E-state index contributed by atoms with van der Waals surface area (Å²) < 4.78 is 9.80. The summed E-state index contributed by atoms with van der Waals surface area (Å²) in [4.78, 5) is 22.8. The zero-order valence-corrected chi connectivity index (χ0v) is 12.1. The number of hydrogen-bond acceptors (Lipinski definition) is 6. The number of nitrogens with two attached hydrogens (primary N) is 2. The molecule has 19 heavy (non-hydrogen) atoms. The first-order valence-corrected chi connectivity index (χ1v) is 6.74. The highest BCUT2D eigenvalue weighted by Crippen LogP contribution is 2.01. The van der Waals surface area contributed by atoms with Crippen LogP contribution in [0.4, 0.5) is 0 Å². The average molecular weight is 274 g/mol. The molecule has 2 atom stereocenters. The van der Waals surface area contributed by atoms with E-state index in [1.54, 1.807) is 0 Å². The monoisotopic (exact) mass is 274 g/mol. The third-order valence-corrected chi connectivity index (χ3v) is 2.73. The number of esters is 2. The maximum Gasteiger partial charge on any atom is 0.323 e. The summed E-state index contributed by atoms with van der Waals surface area (Å²) in [6.45, 7) is 5.70. The maximum atomic E-state index is 11.4. The number of carbonyl (C=O) groups is 2. The van der Waals surface area contributed by atoms with Gasteiger partial charge >= 0.3 is 11.9 Å². The summed E-state index contributed by atoms with van der Waals surface area (Å²) in [7, 11) is 0. The number of unbranched alkanes of at least 4 members (excludes halogenated alkanes) is 1. The molecule has 0 heterocycles. The molecule has 0 bridgehead atoms. The van der Waals surface area contributed by atoms with Crippen LogP contribution in [0.1, 0.15) is 40.0 Å². The molecule has 4 N–H and O–H groups in total. The van der Waals surface area contributed by atoms with Crippen molar-refractivity contribution in [1.82, 2.24) is 0 Å². The van der Waals surface area contributed by atoms with E-state index in [2.05, 4.69) is 0 Å². The van der Waals surface area contributed by atoms with Gasteiger partial charge in [0.15, 0.2) is 0 Å². The van der Waals surface area contributed by atoms with Crippen molar-refractivity contribution in [2.75, 3.05) is 13.2 Å². The third-order valence-electron chi connectivity index (χ3n) is 2.73. The highest BCUT2D eigenvalue weighted by atomic mass is 16.6. The summed E-state index contributed by atoms with van der Waals surface area (Å²) in [5.41, 5.74) is 11.2. The van der Waals surface area contributed by atoms with Crippen molar-refractivity contribution >= 4 is 11.9 Å². The van der Waals surface area contributed by atoms with Gasteiger partial charge in [0.2, 0.25) is 0 Å². The molecule has 6 heteroatoms. The molecule has 0 fully saturated rings. The van der Waals surface area contributed by atoms with E-state index in [4.69, 9.17) is 20.9 Å². The minimum Gasteiger partial charge on any atom is -0.461 e. The third kappa shape index (κ3) is 7.79. The summed E-state index contributed by atoms with van der Waals surface area (Å²) in [6.07, 6.45) is 2.47. The molecular formula is C13H26N2O4. The number of rotatable bonds is 9. The molecule has 112 valence electrons. The predicted molar refractivity (Wildman–Crippen MR) is 72.2 cm³/mol. The molecule has 0 spiro atoms. The van der Waals surface area contributed by atoms with Crippen LogP contribution in [-0.4, -0.2) is 37.2 Å². The summed E-state index contributed by atoms with van der Waals surface area (Å²) >= 11 is 0.